The van der Waals surface area contributed by atoms with Gasteiger partial charge in [-0.1, -0.05) is 19.4 Å². The second-order valence-electron chi connectivity index (χ2n) is 4.52. The molecule has 1 heterocycles. The van der Waals surface area contributed by atoms with Gasteiger partial charge in [-0.3, -0.25) is 0 Å². The maximum absolute atomic E-state index is 5.94. The van der Waals surface area contributed by atoms with Crippen LogP contribution in [0.5, 0.6) is 5.88 Å². The smallest absolute Gasteiger partial charge is 0.213 e. The highest BCUT2D eigenvalue weighted by Crippen LogP contribution is 2.27. The fourth-order valence-electron chi connectivity index (χ4n) is 2.21. The van der Waals surface area contributed by atoms with Gasteiger partial charge in [0.1, 0.15) is 6.10 Å². The Morgan fingerprint density at radius 3 is 2.94 bits per heavy atom. The zero-order chi connectivity index (χ0) is 11.4. The first kappa shape index (κ1) is 11.7. The van der Waals surface area contributed by atoms with E-state index < -0.39 is 0 Å². The van der Waals surface area contributed by atoms with Crippen LogP contribution >= 0.6 is 11.6 Å². The van der Waals surface area contributed by atoms with Crippen molar-refractivity contribution in [3.05, 3.63) is 23.9 Å². The Bertz CT molecular complexity index is 342. The van der Waals surface area contributed by atoms with Crippen molar-refractivity contribution in [3.63, 3.8) is 0 Å². The second kappa shape index (κ2) is 5.53. The predicted molar refractivity (Wildman–Crippen MR) is 65.8 cm³/mol. The maximum Gasteiger partial charge on any atom is 0.213 e. The number of nitrogens with zero attached hydrogens (tertiary/aromatic N) is 1. The molecule has 0 bridgehead atoms. The Kier molecular flexibility index (Phi) is 4.05. The number of ether oxygens (including phenoxy) is 1. The minimum absolute atomic E-state index is 0.326. The van der Waals surface area contributed by atoms with Crippen molar-refractivity contribution in [1.29, 1.82) is 0 Å². The van der Waals surface area contributed by atoms with E-state index in [9.17, 15) is 0 Å². The van der Waals surface area contributed by atoms with Gasteiger partial charge in [0, 0.05) is 6.07 Å². The summed E-state index contributed by atoms with van der Waals surface area (Å²) in [6, 6.07) is 5.79. The zero-order valence-corrected chi connectivity index (χ0v) is 10.4. The van der Waals surface area contributed by atoms with Crippen LogP contribution in [0, 0.1) is 5.92 Å². The standard InChI is InChI=1S/C13H18ClNO/c1-10-5-2-3-7-12(10)16-13-8-4-6-11(9-14)15-13/h4,6,8,10,12H,2-3,5,7,9H2,1H3. The molecule has 0 amide bonds. The summed E-state index contributed by atoms with van der Waals surface area (Å²) in [5.41, 5.74) is 0.877. The monoisotopic (exact) mass is 239 g/mol. The second-order valence-corrected chi connectivity index (χ2v) is 4.79. The summed E-state index contributed by atoms with van der Waals surface area (Å²) in [6.07, 6.45) is 5.33. The largest absolute Gasteiger partial charge is 0.474 e. The van der Waals surface area contributed by atoms with Crippen LogP contribution in [0.1, 0.15) is 38.3 Å². The van der Waals surface area contributed by atoms with Crippen molar-refractivity contribution >= 4 is 11.6 Å². The molecule has 1 fully saturated rings. The highest BCUT2D eigenvalue weighted by Gasteiger charge is 2.23. The summed E-state index contributed by atoms with van der Waals surface area (Å²) in [5.74, 6) is 1.80. The minimum Gasteiger partial charge on any atom is -0.474 e. The molecule has 0 aliphatic heterocycles. The van der Waals surface area contributed by atoms with Crippen LogP contribution in [0.15, 0.2) is 18.2 Å². The highest BCUT2D eigenvalue weighted by atomic mass is 35.5. The Hall–Kier alpha value is -0.760. The predicted octanol–water partition coefficient (Wildman–Crippen LogP) is 3.78. The first-order valence-electron chi connectivity index (χ1n) is 5.98. The molecule has 88 valence electrons. The van der Waals surface area contributed by atoms with E-state index in [0.717, 1.165) is 18.0 Å². The molecule has 2 atom stereocenters. The minimum atomic E-state index is 0.326. The van der Waals surface area contributed by atoms with Crippen LogP contribution in [0.4, 0.5) is 0 Å². The summed E-state index contributed by atoms with van der Waals surface area (Å²) in [4.78, 5) is 4.37. The Balaban J connectivity index is 2.01. The molecule has 2 nitrogen and oxygen atoms in total. The summed E-state index contributed by atoms with van der Waals surface area (Å²) in [7, 11) is 0. The third-order valence-electron chi connectivity index (χ3n) is 3.22. The summed E-state index contributed by atoms with van der Waals surface area (Å²) in [6.45, 7) is 2.26. The van der Waals surface area contributed by atoms with Crippen LogP contribution in [0.2, 0.25) is 0 Å². The molecule has 1 aromatic rings. The van der Waals surface area contributed by atoms with E-state index in [1.165, 1.54) is 19.3 Å². The lowest BCUT2D eigenvalue weighted by molar-refractivity contribution is 0.0974. The topological polar surface area (TPSA) is 22.1 Å². The molecule has 3 heteroatoms. The van der Waals surface area contributed by atoms with E-state index in [1.54, 1.807) is 0 Å². The van der Waals surface area contributed by atoms with Gasteiger partial charge in [-0.2, -0.15) is 0 Å². The number of pyridine rings is 1. The number of aromatic nitrogens is 1. The number of alkyl halides is 1. The lowest BCUT2D eigenvalue weighted by Gasteiger charge is -2.28. The molecular formula is C13H18ClNO. The van der Waals surface area contributed by atoms with E-state index in [4.69, 9.17) is 16.3 Å². The Morgan fingerprint density at radius 2 is 2.19 bits per heavy atom. The fourth-order valence-corrected chi connectivity index (χ4v) is 2.36. The fraction of sp³-hybridized carbons (Fsp3) is 0.615. The lowest BCUT2D eigenvalue weighted by Crippen LogP contribution is -2.28. The number of hydrogen-bond acceptors (Lipinski definition) is 2. The van der Waals surface area contributed by atoms with Crippen LogP contribution in [0.25, 0.3) is 0 Å². The quantitative estimate of drug-likeness (QED) is 0.749. The molecule has 0 saturated heterocycles. The number of halogens is 1. The molecule has 1 aliphatic rings. The van der Waals surface area contributed by atoms with Gasteiger partial charge in [0.2, 0.25) is 5.88 Å². The summed E-state index contributed by atoms with van der Waals surface area (Å²) < 4.78 is 5.94. The highest BCUT2D eigenvalue weighted by molar-refractivity contribution is 6.16. The zero-order valence-electron chi connectivity index (χ0n) is 9.66. The van der Waals surface area contributed by atoms with Crippen molar-refractivity contribution < 1.29 is 4.74 Å². The maximum atomic E-state index is 5.94. The van der Waals surface area contributed by atoms with Gasteiger partial charge >= 0.3 is 0 Å². The Labute approximate surface area is 102 Å². The molecule has 1 saturated carbocycles. The van der Waals surface area contributed by atoms with Crippen molar-refractivity contribution in [2.45, 2.75) is 44.6 Å². The van der Waals surface area contributed by atoms with Crippen molar-refractivity contribution in [1.82, 2.24) is 4.98 Å². The van der Waals surface area contributed by atoms with Gasteiger partial charge < -0.3 is 4.74 Å². The van der Waals surface area contributed by atoms with Gasteiger partial charge in [-0.25, -0.2) is 4.98 Å². The van der Waals surface area contributed by atoms with E-state index in [0.29, 0.717) is 17.9 Å². The van der Waals surface area contributed by atoms with Crippen LogP contribution in [-0.2, 0) is 5.88 Å². The molecule has 2 rings (SSSR count). The lowest BCUT2D eigenvalue weighted by atomic mass is 9.88. The van der Waals surface area contributed by atoms with Gasteiger partial charge in [0.15, 0.2) is 0 Å². The average Bonchev–Trinajstić information content (AvgIpc) is 2.32. The van der Waals surface area contributed by atoms with Crippen LogP contribution in [0.3, 0.4) is 0 Å². The van der Waals surface area contributed by atoms with E-state index in [-0.39, 0.29) is 0 Å². The van der Waals surface area contributed by atoms with Crippen molar-refractivity contribution in [2.75, 3.05) is 0 Å². The SMILES string of the molecule is CC1CCCCC1Oc1cccc(CCl)n1. The third-order valence-corrected chi connectivity index (χ3v) is 3.50. The van der Waals surface area contributed by atoms with Gasteiger partial charge in [-0.05, 0) is 31.2 Å². The van der Waals surface area contributed by atoms with Gasteiger partial charge in [0.05, 0.1) is 11.6 Å². The van der Waals surface area contributed by atoms with Gasteiger partial charge in [-0.15, -0.1) is 11.6 Å². The molecule has 1 aliphatic carbocycles. The summed E-state index contributed by atoms with van der Waals surface area (Å²) >= 11 is 5.75. The van der Waals surface area contributed by atoms with Crippen molar-refractivity contribution in [2.24, 2.45) is 5.92 Å². The average molecular weight is 240 g/mol. The third kappa shape index (κ3) is 2.88. The van der Waals surface area contributed by atoms with E-state index >= 15 is 0 Å². The van der Waals surface area contributed by atoms with E-state index in [1.807, 2.05) is 18.2 Å². The molecule has 0 N–H and O–H groups in total. The first-order valence-corrected chi connectivity index (χ1v) is 6.51. The summed E-state index contributed by atoms with van der Waals surface area (Å²) in [5, 5.41) is 0. The van der Waals surface area contributed by atoms with Crippen LogP contribution in [-0.4, -0.2) is 11.1 Å². The number of rotatable bonds is 3. The van der Waals surface area contributed by atoms with E-state index in [2.05, 4.69) is 11.9 Å². The normalized spacial score (nSPS) is 25.4. The number of hydrogen-bond donors (Lipinski definition) is 0. The molecule has 0 aromatic carbocycles. The van der Waals surface area contributed by atoms with Crippen molar-refractivity contribution in [3.8, 4) is 5.88 Å². The van der Waals surface area contributed by atoms with Crippen LogP contribution < -0.4 is 4.74 Å². The first-order chi connectivity index (χ1) is 7.79. The molecule has 0 spiro atoms. The molecule has 0 radical (unpaired) electrons. The molecule has 1 aromatic heterocycles. The molecule has 16 heavy (non-hydrogen) atoms. The van der Waals surface area contributed by atoms with Gasteiger partial charge in [0.25, 0.3) is 0 Å². The molecular weight excluding hydrogens is 222 g/mol. The Morgan fingerprint density at radius 1 is 1.38 bits per heavy atom. The molecule has 2 unspecified atom stereocenters.